The van der Waals surface area contributed by atoms with Crippen LogP contribution >= 0.6 is 23.1 Å². The molecule has 1 aromatic carbocycles. The second-order valence-electron chi connectivity index (χ2n) is 8.42. The molecule has 1 aliphatic carbocycles. The number of aromatic nitrogens is 2. The molecule has 5 rings (SSSR count). The standard InChI is InChI=1S/C23H23FN4O3S2/c1-13-7-8-14-17(11-13)33-20-19(14)21(30)28(16-6-3-2-5-15(16)24)23(26-20)32-10-4-9-27-18(29)12-25-22(27)31/h2-3,5-6,13H,4,7-12H2,1H3,(H,25,31). The maximum atomic E-state index is 14.7. The Balaban J connectivity index is 1.50. The first-order chi connectivity index (χ1) is 15.9. The summed E-state index contributed by atoms with van der Waals surface area (Å²) in [5.74, 6) is 0.357. The third kappa shape index (κ3) is 4.06. The lowest BCUT2D eigenvalue weighted by atomic mass is 9.89. The van der Waals surface area contributed by atoms with Gasteiger partial charge in [-0.3, -0.25) is 19.1 Å². The second kappa shape index (κ2) is 8.90. The van der Waals surface area contributed by atoms with Crippen LogP contribution in [0.4, 0.5) is 9.18 Å². The molecule has 0 saturated carbocycles. The van der Waals surface area contributed by atoms with E-state index in [1.807, 2.05) is 0 Å². The molecular formula is C23H23FN4O3S2. The van der Waals surface area contributed by atoms with Gasteiger partial charge in [0.2, 0.25) is 5.91 Å². The number of urea groups is 1. The zero-order chi connectivity index (χ0) is 23.1. The van der Waals surface area contributed by atoms with Gasteiger partial charge in [-0.2, -0.15) is 0 Å². The minimum absolute atomic E-state index is 0.0265. The van der Waals surface area contributed by atoms with Gasteiger partial charge in [-0.05, 0) is 49.3 Å². The van der Waals surface area contributed by atoms with Crippen molar-refractivity contribution in [3.63, 3.8) is 0 Å². The Morgan fingerprint density at radius 1 is 1.27 bits per heavy atom. The fraction of sp³-hybridized carbons (Fsp3) is 0.391. The van der Waals surface area contributed by atoms with Crippen LogP contribution in [0.1, 0.15) is 30.2 Å². The fourth-order valence-electron chi connectivity index (χ4n) is 4.38. The van der Waals surface area contributed by atoms with Gasteiger partial charge in [-0.15, -0.1) is 11.3 Å². The van der Waals surface area contributed by atoms with E-state index in [9.17, 15) is 18.8 Å². The highest BCUT2D eigenvalue weighted by molar-refractivity contribution is 7.99. The van der Waals surface area contributed by atoms with E-state index in [0.29, 0.717) is 33.5 Å². The number of aryl methyl sites for hydroxylation is 1. The highest BCUT2D eigenvalue weighted by Crippen LogP contribution is 2.37. The van der Waals surface area contributed by atoms with Crippen LogP contribution in [0.2, 0.25) is 0 Å². The molecule has 33 heavy (non-hydrogen) atoms. The Kier molecular flexibility index (Phi) is 5.96. The largest absolute Gasteiger partial charge is 0.329 e. The van der Waals surface area contributed by atoms with Gasteiger partial charge in [-0.25, -0.2) is 14.2 Å². The van der Waals surface area contributed by atoms with Crippen LogP contribution in [0.25, 0.3) is 15.9 Å². The quantitative estimate of drug-likeness (QED) is 0.248. The average molecular weight is 487 g/mol. The summed E-state index contributed by atoms with van der Waals surface area (Å²) in [5, 5.41) is 3.53. The molecule has 0 spiro atoms. The van der Waals surface area contributed by atoms with E-state index < -0.39 is 5.82 Å². The number of thiophene rings is 1. The van der Waals surface area contributed by atoms with Crippen molar-refractivity contribution >= 4 is 45.3 Å². The Morgan fingerprint density at radius 3 is 2.85 bits per heavy atom. The number of amides is 3. The number of para-hydroxylation sites is 1. The Bertz CT molecular complexity index is 1300. The molecule has 1 N–H and O–H groups in total. The average Bonchev–Trinajstić information content (AvgIpc) is 3.31. The number of thioether (sulfide) groups is 1. The third-order valence-corrected chi connectivity index (χ3v) is 8.26. The van der Waals surface area contributed by atoms with Crippen LogP contribution in [-0.2, 0) is 17.6 Å². The molecular weight excluding hydrogens is 463 g/mol. The van der Waals surface area contributed by atoms with Crippen molar-refractivity contribution in [3.05, 3.63) is 50.9 Å². The number of hydrogen-bond acceptors (Lipinski definition) is 6. The highest BCUT2D eigenvalue weighted by Gasteiger charge is 2.28. The van der Waals surface area contributed by atoms with Crippen molar-refractivity contribution in [1.82, 2.24) is 19.8 Å². The smallest absolute Gasteiger partial charge is 0.324 e. The number of imide groups is 1. The van der Waals surface area contributed by atoms with E-state index >= 15 is 0 Å². The summed E-state index contributed by atoms with van der Waals surface area (Å²) in [7, 11) is 0. The molecule has 1 atom stereocenters. The molecule has 0 bridgehead atoms. The molecule has 0 radical (unpaired) electrons. The van der Waals surface area contributed by atoms with Crippen LogP contribution in [0, 0.1) is 11.7 Å². The molecule has 10 heteroatoms. The SMILES string of the molecule is CC1CCc2c(sc3nc(SCCCN4C(=O)CNC4=O)n(-c4ccccc4F)c(=O)c23)C1. The predicted molar refractivity (Wildman–Crippen MR) is 127 cm³/mol. The lowest BCUT2D eigenvalue weighted by molar-refractivity contribution is -0.124. The van der Waals surface area contributed by atoms with Gasteiger partial charge in [0.1, 0.15) is 10.6 Å². The number of benzene rings is 1. The van der Waals surface area contributed by atoms with Gasteiger partial charge in [0.05, 0.1) is 17.6 Å². The summed E-state index contributed by atoms with van der Waals surface area (Å²) in [4.78, 5) is 45.1. The van der Waals surface area contributed by atoms with Crippen LogP contribution in [-0.4, -0.2) is 45.2 Å². The summed E-state index contributed by atoms with van der Waals surface area (Å²) >= 11 is 2.90. The van der Waals surface area contributed by atoms with Gasteiger partial charge in [0.15, 0.2) is 5.16 Å². The first kappa shape index (κ1) is 22.1. The number of nitrogens with one attached hydrogen (secondary N) is 1. The van der Waals surface area contributed by atoms with Gasteiger partial charge in [0, 0.05) is 17.2 Å². The Morgan fingerprint density at radius 2 is 2.09 bits per heavy atom. The summed E-state index contributed by atoms with van der Waals surface area (Å²) in [5.41, 5.74) is 0.997. The minimum atomic E-state index is -0.486. The molecule has 3 aromatic rings. The highest BCUT2D eigenvalue weighted by atomic mass is 32.2. The summed E-state index contributed by atoms with van der Waals surface area (Å²) in [6.45, 7) is 2.53. The maximum absolute atomic E-state index is 14.7. The molecule has 2 aliphatic rings. The minimum Gasteiger partial charge on any atom is -0.329 e. The van der Waals surface area contributed by atoms with E-state index in [2.05, 4.69) is 12.2 Å². The molecule has 2 aromatic heterocycles. The third-order valence-electron chi connectivity index (χ3n) is 6.09. The number of carbonyl (C=O) groups is 2. The van der Waals surface area contributed by atoms with E-state index in [-0.39, 0.29) is 36.3 Å². The summed E-state index contributed by atoms with van der Waals surface area (Å²) in [6.07, 6.45) is 3.33. The fourth-order valence-corrected chi connectivity index (χ4v) is 6.73. The monoisotopic (exact) mass is 486 g/mol. The van der Waals surface area contributed by atoms with Crippen molar-refractivity contribution < 1.29 is 14.0 Å². The number of halogens is 1. The molecule has 172 valence electrons. The van der Waals surface area contributed by atoms with Gasteiger partial charge in [-0.1, -0.05) is 30.8 Å². The predicted octanol–water partition coefficient (Wildman–Crippen LogP) is 3.75. The first-order valence-corrected chi connectivity index (χ1v) is 12.8. The van der Waals surface area contributed by atoms with Crippen molar-refractivity contribution in [3.8, 4) is 5.69 Å². The number of carbonyl (C=O) groups excluding carboxylic acids is 2. The molecule has 1 unspecified atom stereocenters. The number of fused-ring (bicyclic) bond motifs is 3. The van der Waals surface area contributed by atoms with Gasteiger partial charge < -0.3 is 5.32 Å². The van der Waals surface area contributed by atoms with Crippen molar-refractivity contribution in [2.75, 3.05) is 18.8 Å². The van der Waals surface area contributed by atoms with E-state index in [4.69, 9.17) is 4.98 Å². The maximum Gasteiger partial charge on any atom is 0.324 e. The molecule has 3 heterocycles. The lowest BCUT2D eigenvalue weighted by Gasteiger charge is -2.18. The summed E-state index contributed by atoms with van der Waals surface area (Å²) in [6, 6.07) is 5.83. The molecule has 7 nitrogen and oxygen atoms in total. The van der Waals surface area contributed by atoms with Crippen LogP contribution in [0.15, 0.2) is 34.2 Å². The number of nitrogens with zero attached hydrogens (tertiary/aromatic N) is 3. The van der Waals surface area contributed by atoms with Gasteiger partial charge >= 0.3 is 6.03 Å². The van der Waals surface area contributed by atoms with Gasteiger partial charge in [0.25, 0.3) is 5.56 Å². The van der Waals surface area contributed by atoms with E-state index in [1.54, 1.807) is 29.5 Å². The molecule has 3 amide bonds. The van der Waals surface area contributed by atoms with Crippen LogP contribution < -0.4 is 10.9 Å². The van der Waals surface area contributed by atoms with Crippen molar-refractivity contribution in [1.29, 1.82) is 0 Å². The normalized spacial score (nSPS) is 18.1. The Hall–Kier alpha value is -2.72. The zero-order valence-corrected chi connectivity index (χ0v) is 19.7. The van der Waals surface area contributed by atoms with Crippen molar-refractivity contribution in [2.45, 2.75) is 37.8 Å². The molecule has 1 aliphatic heterocycles. The lowest BCUT2D eigenvalue weighted by Crippen LogP contribution is -2.32. The number of rotatable bonds is 6. The zero-order valence-electron chi connectivity index (χ0n) is 18.1. The Labute approximate surface area is 198 Å². The summed E-state index contributed by atoms with van der Waals surface area (Å²) < 4.78 is 16.1. The van der Waals surface area contributed by atoms with Crippen molar-refractivity contribution in [2.24, 2.45) is 5.92 Å². The van der Waals surface area contributed by atoms with Crippen LogP contribution in [0.3, 0.4) is 0 Å². The molecule has 1 fully saturated rings. The second-order valence-corrected chi connectivity index (χ2v) is 10.6. The van der Waals surface area contributed by atoms with Crippen LogP contribution in [0.5, 0.6) is 0 Å². The topological polar surface area (TPSA) is 84.3 Å². The number of hydrogen-bond donors (Lipinski definition) is 1. The van der Waals surface area contributed by atoms with E-state index in [1.165, 1.54) is 32.2 Å². The first-order valence-electron chi connectivity index (χ1n) is 11.0. The van der Waals surface area contributed by atoms with E-state index in [0.717, 1.165) is 24.8 Å². The molecule has 1 saturated heterocycles.